The zero-order chi connectivity index (χ0) is 17.1. The van der Waals surface area contributed by atoms with E-state index in [1.165, 1.54) is 11.8 Å². The van der Waals surface area contributed by atoms with Crippen LogP contribution in [0.5, 0.6) is 11.5 Å². The van der Waals surface area contributed by atoms with E-state index in [-0.39, 0.29) is 11.7 Å². The number of thioether (sulfide) groups is 1. The lowest BCUT2D eigenvalue weighted by Gasteiger charge is -2.26. The third-order valence-electron chi connectivity index (χ3n) is 3.88. The standard InChI is InChI=1S/C16H17N3O5S/c20-14(19-3-5-21-6-4-19)10-25-16-18-17-15(24-16)11-1-2-12-13(9-11)23-8-7-22-12/h1-2,9H,3-8,10H2. The van der Waals surface area contributed by atoms with E-state index < -0.39 is 0 Å². The summed E-state index contributed by atoms with van der Waals surface area (Å²) in [5.74, 6) is 2.08. The number of nitrogens with zero attached hydrogens (tertiary/aromatic N) is 3. The summed E-state index contributed by atoms with van der Waals surface area (Å²) in [6.07, 6.45) is 0. The second-order valence-electron chi connectivity index (χ2n) is 5.51. The van der Waals surface area contributed by atoms with Crippen molar-refractivity contribution in [1.82, 2.24) is 15.1 Å². The van der Waals surface area contributed by atoms with Gasteiger partial charge in [-0.05, 0) is 18.2 Å². The average molecular weight is 363 g/mol. The Balaban J connectivity index is 1.39. The fraction of sp³-hybridized carbons (Fsp3) is 0.438. The SMILES string of the molecule is O=C(CSc1nnc(-c2ccc3c(c2)OCCO3)o1)N1CCOCC1. The van der Waals surface area contributed by atoms with Crippen molar-refractivity contribution in [3.63, 3.8) is 0 Å². The molecule has 0 spiro atoms. The Labute approximate surface area is 148 Å². The lowest BCUT2D eigenvalue weighted by molar-refractivity contribution is -0.132. The van der Waals surface area contributed by atoms with Crippen molar-refractivity contribution in [2.45, 2.75) is 5.22 Å². The summed E-state index contributed by atoms with van der Waals surface area (Å²) in [6.45, 7) is 3.50. The van der Waals surface area contributed by atoms with Crippen LogP contribution in [0.15, 0.2) is 27.8 Å². The van der Waals surface area contributed by atoms with Gasteiger partial charge in [0.15, 0.2) is 11.5 Å². The predicted octanol–water partition coefficient (Wildman–Crippen LogP) is 1.46. The van der Waals surface area contributed by atoms with Crippen LogP contribution in [0.25, 0.3) is 11.5 Å². The van der Waals surface area contributed by atoms with Gasteiger partial charge in [-0.2, -0.15) is 0 Å². The van der Waals surface area contributed by atoms with E-state index in [0.29, 0.717) is 62.1 Å². The highest BCUT2D eigenvalue weighted by Crippen LogP contribution is 2.34. The quantitative estimate of drug-likeness (QED) is 0.755. The molecule has 1 saturated heterocycles. The molecule has 2 aliphatic rings. The highest BCUT2D eigenvalue weighted by molar-refractivity contribution is 7.99. The van der Waals surface area contributed by atoms with E-state index in [2.05, 4.69) is 10.2 Å². The van der Waals surface area contributed by atoms with Gasteiger partial charge in [0.05, 0.1) is 19.0 Å². The summed E-state index contributed by atoms with van der Waals surface area (Å²) in [7, 11) is 0. The van der Waals surface area contributed by atoms with Crippen LogP contribution in [-0.2, 0) is 9.53 Å². The second kappa shape index (κ2) is 7.32. The maximum atomic E-state index is 12.1. The molecule has 1 aromatic carbocycles. The van der Waals surface area contributed by atoms with Crippen LogP contribution in [0, 0.1) is 0 Å². The maximum Gasteiger partial charge on any atom is 0.277 e. The van der Waals surface area contributed by atoms with Crippen molar-refractivity contribution in [3.8, 4) is 23.0 Å². The van der Waals surface area contributed by atoms with Gasteiger partial charge in [0, 0.05) is 18.7 Å². The van der Waals surface area contributed by atoms with Crippen molar-refractivity contribution in [2.75, 3.05) is 45.3 Å². The molecule has 0 unspecified atom stereocenters. The van der Waals surface area contributed by atoms with Gasteiger partial charge >= 0.3 is 0 Å². The fourth-order valence-electron chi connectivity index (χ4n) is 2.59. The van der Waals surface area contributed by atoms with Gasteiger partial charge in [-0.15, -0.1) is 10.2 Å². The number of aromatic nitrogens is 2. The zero-order valence-electron chi connectivity index (χ0n) is 13.5. The predicted molar refractivity (Wildman–Crippen MR) is 88.8 cm³/mol. The molecule has 0 atom stereocenters. The van der Waals surface area contributed by atoms with E-state index >= 15 is 0 Å². The molecule has 3 heterocycles. The van der Waals surface area contributed by atoms with Crippen LogP contribution in [-0.4, -0.2) is 66.3 Å². The van der Waals surface area contributed by atoms with E-state index in [9.17, 15) is 4.79 Å². The number of morpholine rings is 1. The monoisotopic (exact) mass is 363 g/mol. The number of benzene rings is 1. The van der Waals surface area contributed by atoms with Crippen molar-refractivity contribution in [1.29, 1.82) is 0 Å². The summed E-state index contributed by atoms with van der Waals surface area (Å²) in [4.78, 5) is 13.9. The van der Waals surface area contributed by atoms with Gasteiger partial charge < -0.3 is 23.5 Å². The molecule has 1 aromatic heterocycles. The minimum atomic E-state index is 0.0485. The molecule has 0 radical (unpaired) electrons. The van der Waals surface area contributed by atoms with Crippen molar-refractivity contribution in [3.05, 3.63) is 18.2 Å². The molecule has 0 N–H and O–H groups in total. The molecular weight excluding hydrogens is 346 g/mol. The summed E-state index contributed by atoms with van der Waals surface area (Å²) >= 11 is 1.24. The maximum absolute atomic E-state index is 12.1. The van der Waals surface area contributed by atoms with Crippen molar-refractivity contribution < 1.29 is 23.4 Å². The van der Waals surface area contributed by atoms with Crippen LogP contribution in [0.2, 0.25) is 0 Å². The topological polar surface area (TPSA) is 86.9 Å². The highest BCUT2D eigenvalue weighted by Gasteiger charge is 2.19. The lowest BCUT2D eigenvalue weighted by Crippen LogP contribution is -2.41. The number of amides is 1. The summed E-state index contributed by atoms with van der Waals surface area (Å²) in [5.41, 5.74) is 0.753. The number of hydrogen-bond donors (Lipinski definition) is 0. The molecule has 0 bridgehead atoms. The number of ether oxygens (including phenoxy) is 3. The molecule has 132 valence electrons. The van der Waals surface area contributed by atoms with Crippen LogP contribution >= 0.6 is 11.8 Å². The summed E-state index contributed by atoms with van der Waals surface area (Å²) in [5, 5.41) is 8.41. The molecule has 1 fully saturated rings. The number of fused-ring (bicyclic) bond motifs is 1. The second-order valence-corrected chi connectivity index (χ2v) is 6.44. The third-order valence-corrected chi connectivity index (χ3v) is 4.68. The minimum Gasteiger partial charge on any atom is -0.486 e. The first kappa shape index (κ1) is 16.2. The molecule has 8 nitrogen and oxygen atoms in total. The van der Waals surface area contributed by atoms with E-state index in [0.717, 1.165) is 5.56 Å². The first-order valence-electron chi connectivity index (χ1n) is 8.01. The largest absolute Gasteiger partial charge is 0.486 e. The Bertz CT molecular complexity index is 760. The highest BCUT2D eigenvalue weighted by atomic mass is 32.2. The normalized spacial score (nSPS) is 16.7. The van der Waals surface area contributed by atoms with Gasteiger partial charge in [0.25, 0.3) is 5.22 Å². The van der Waals surface area contributed by atoms with E-state index in [1.54, 1.807) is 4.90 Å². The van der Waals surface area contributed by atoms with Crippen molar-refractivity contribution in [2.24, 2.45) is 0 Å². The number of rotatable bonds is 4. The molecule has 1 amide bonds. The lowest BCUT2D eigenvalue weighted by atomic mass is 10.2. The van der Waals surface area contributed by atoms with Gasteiger partial charge in [0.2, 0.25) is 11.8 Å². The Morgan fingerprint density at radius 3 is 2.72 bits per heavy atom. The fourth-order valence-corrected chi connectivity index (χ4v) is 3.25. The third kappa shape index (κ3) is 3.72. The number of carbonyl (C=O) groups excluding carboxylic acids is 1. The Hall–Kier alpha value is -2.26. The molecule has 0 saturated carbocycles. The summed E-state index contributed by atoms with van der Waals surface area (Å²) < 4.78 is 21.9. The minimum absolute atomic E-state index is 0.0485. The molecule has 0 aliphatic carbocycles. The van der Waals surface area contributed by atoms with Gasteiger partial charge in [-0.25, -0.2) is 0 Å². The molecule has 2 aliphatic heterocycles. The van der Waals surface area contributed by atoms with Gasteiger partial charge in [0.1, 0.15) is 13.2 Å². The first-order chi connectivity index (χ1) is 12.3. The van der Waals surface area contributed by atoms with Crippen LogP contribution < -0.4 is 9.47 Å². The zero-order valence-corrected chi connectivity index (χ0v) is 14.3. The Kier molecular flexibility index (Phi) is 4.75. The van der Waals surface area contributed by atoms with Gasteiger partial charge in [-0.3, -0.25) is 4.79 Å². The van der Waals surface area contributed by atoms with Crippen molar-refractivity contribution >= 4 is 17.7 Å². The van der Waals surface area contributed by atoms with E-state index in [1.807, 2.05) is 18.2 Å². The molecule has 4 rings (SSSR count). The molecule has 25 heavy (non-hydrogen) atoms. The summed E-state index contributed by atoms with van der Waals surface area (Å²) in [6, 6.07) is 5.48. The smallest absolute Gasteiger partial charge is 0.277 e. The Morgan fingerprint density at radius 2 is 1.88 bits per heavy atom. The van der Waals surface area contributed by atoms with Crippen LogP contribution in [0.4, 0.5) is 0 Å². The molecule has 2 aromatic rings. The average Bonchev–Trinajstić information content (AvgIpc) is 3.15. The first-order valence-corrected chi connectivity index (χ1v) is 9.00. The number of hydrogen-bond acceptors (Lipinski definition) is 8. The van der Waals surface area contributed by atoms with Gasteiger partial charge in [-0.1, -0.05) is 11.8 Å². The number of carbonyl (C=O) groups is 1. The van der Waals surface area contributed by atoms with E-state index in [4.69, 9.17) is 18.6 Å². The van der Waals surface area contributed by atoms with Crippen LogP contribution in [0.3, 0.4) is 0 Å². The molecule has 9 heteroatoms. The Morgan fingerprint density at radius 1 is 1.08 bits per heavy atom. The van der Waals surface area contributed by atoms with Crippen LogP contribution in [0.1, 0.15) is 0 Å². The molecular formula is C16H17N3O5S.